The van der Waals surface area contributed by atoms with E-state index >= 15 is 0 Å². The Morgan fingerprint density at radius 2 is 2.16 bits per heavy atom. The van der Waals surface area contributed by atoms with Gasteiger partial charge in [0.15, 0.2) is 11.9 Å². The Kier molecular flexibility index (Phi) is 3.75. The van der Waals surface area contributed by atoms with E-state index in [1.807, 2.05) is 31.3 Å². The highest BCUT2D eigenvalue weighted by Gasteiger charge is 2.24. The van der Waals surface area contributed by atoms with E-state index in [0.717, 1.165) is 16.7 Å². The van der Waals surface area contributed by atoms with Gasteiger partial charge in [0.2, 0.25) is 0 Å². The van der Waals surface area contributed by atoms with Crippen LogP contribution in [0, 0.1) is 0 Å². The third-order valence-corrected chi connectivity index (χ3v) is 3.62. The molecule has 0 radical (unpaired) electrons. The van der Waals surface area contributed by atoms with Crippen LogP contribution < -0.4 is 5.32 Å². The first-order valence-corrected chi connectivity index (χ1v) is 6.74. The van der Waals surface area contributed by atoms with Gasteiger partial charge >= 0.3 is 0 Å². The summed E-state index contributed by atoms with van der Waals surface area (Å²) in [7, 11) is 1.90. The molecule has 1 N–H and O–H groups in total. The van der Waals surface area contributed by atoms with Crippen LogP contribution in [-0.2, 0) is 9.47 Å². The fraction of sp³-hybridized carbons (Fsp3) is 0.429. The SMILES string of the molecule is CNC(CC1OCCO1)c1cc2cccc(Cl)c2o1. The number of hydrogen-bond acceptors (Lipinski definition) is 4. The van der Waals surface area contributed by atoms with Crippen molar-refractivity contribution >= 4 is 22.6 Å². The zero-order chi connectivity index (χ0) is 13.2. The highest BCUT2D eigenvalue weighted by molar-refractivity contribution is 6.34. The molecule has 1 saturated heterocycles. The van der Waals surface area contributed by atoms with Gasteiger partial charge in [-0.2, -0.15) is 0 Å². The van der Waals surface area contributed by atoms with E-state index in [1.54, 1.807) is 0 Å². The van der Waals surface area contributed by atoms with Gasteiger partial charge in [-0.05, 0) is 19.2 Å². The number of hydrogen-bond donors (Lipinski definition) is 1. The van der Waals surface area contributed by atoms with Crippen molar-refractivity contribution in [1.82, 2.24) is 5.32 Å². The summed E-state index contributed by atoms with van der Waals surface area (Å²) in [6.45, 7) is 1.32. The van der Waals surface area contributed by atoms with Crippen molar-refractivity contribution in [3.05, 3.63) is 35.0 Å². The van der Waals surface area contributed by atoms with Crippen LogP contribution in [0.5, 0.6) is 0 Å². The van der Waals surface area contributed by atoms with Crippen LogP contribution >= 0.6 is 11.6 Å². The standard InChI is InChI=1S/C14H16ClNO3/c1-16-11(8-13-17-5-6-18-13)12-7-9-3-2-4-10(15)14(9)19-12/h2-4,7,11,13,16H,5-6,8H2,1H3. The van der Waals surface area contributed by atoms with Gasteiger partial charge in [0.05, 0.1) is 24.3 Å². The summed E-state index contributed by atoms with van der Waals surface area (Å²) in [6.07, 6.45) is 0.551. The summed E-state index contributed by atoms with van der Waals surface area (Å²) in [5.74, 6) is 0.852. The fourth-order valence-electron chi connectivity index (χ4n) is 2.33. The van der Waals surface area contributed by atoms with Crippen molar-refractivity contribution in [3.63, 3.8) is 0 Å². The topological polar surface area (TPSA) is 43.6 Å². The second-order valence-electron chi connectivity index (χ2n) is 4.56. The average molecular weight is 282 g/mol. The summed E-state index contributed by atoms with van der Waals surface area (Å²) in [6, 6.07) is 7.79. The van der Waals surface area contributed by atoms with E-state index in [1.165, 1.54) is 0 Å². The summed E-state index contributed by atoms with van der Waals surface area (Å²) in [5, 5.41) is 4.87. The molecular weight excluding hydrogens is 266 g/mol. The third-order valence-electron chi connectivity index (χ3n) is 3.33. The highest BCUT2D eigenvalue weighted by Crippen LogP contribution is 2.31. The first-order valence-electron chi connectivity index (χ1n) is 6.36. The molecular formula is C14H16ClNO3. The van der Waals surface area contributed by atoms with Crippen molar-refractivity contribution in [2.45, 2.75) is 18.8 Å². The molecule has 1 aromatic heterocycles. The van der Waals surface area contributed by atoms with Gasteiger partial charge < -0.3 is 19.2 Å². The quantitative estimate of drug-likeness (QED) is 0.935. The van der Waals surface area contributed by atoms with Crippen molar-refractivity contribution in [2.75, 3.05) is 20.3 Å². The lowest BCUT2D eigenvalue weighted by molar-refractivity contribution is -0.0537. The number of nitrogens with one attached hydrogen (secondary N) is 1. The maximum atomic E-state index is 6.13. The fourth-order valence-corrected chi connectivity index (χ4v) is 2.55. The van der Waals surface area contributed by atoms with Crippen LogP contribution in [0.2, 0.25) is 5.02 Å². The van der Waals surface area contributed by atoms with Gasteiger partial charge in [0.25, 0.3) is 0 Å². The Bertz CT molecular complexity index is 563. The number of fused-ring (bicyclic) bond motifs is 1. The summed E-state index contributed by atoms with van der Waals surface area (Å²) in [5.41, 5.74) is 0.729. The van der Waals surface area contributed by atoms with Crippen LogP contribution in [0.4, 0.5) is 0 Å². The van der Waals surface area contributed by atoms with Crippen LogP contribution in [-0.4, -0.2) is 26.6 Å². The second-order valence-corrected chi connectivity index (χ2v) is 4.96. The van der Waals surface area contributed by atoms with E-state index in [2.05, 4.69) is 5.32 Å². The van der Waals surface area contributed by atoms with E-state index < -0.39 is 0 Å². The lowest BCUT2D eigenvalue weighted by Crippen LogP contribution is -2.22. The van der Waals surface area contributed by atoms with E-state index in [0.29, 0.717) is 24.7 Å². The number of ether oxygens (including phenoxy) is 2. The summed E-state index contributed by atoms with van der Waals surface area (Å²) >= 11 is 6.13. The molecule has 0 saturated carbocycles. The summed E-state index contributed by atoms with van der Waals surface area (Å²) < 4.78 is 16.8. The molecule has 1 aromatic carbocycles. The van der Waals surface area contributed by atoms with E-state index in [4.69, 9.17) is 25.5 Å². The maximum Gasteiger partial charge on any atom is 0.159 e. The molecule has 19 heavy (non-hydrogen) atoms. The van der Waals surface area contributed by atoms with Crippen LogP contribution in [0.25, 0.3) is 11.0 Å². The maximum absolute atomic E-state index is 6.13. The molecule has 0 bridgehead atoms. The highest BCUT2D eigenvalue weighted by atomic mass is 35.5. The minimum absolute atomic E-state index is 0.0477. The van der Waals surface area contributed by atoms with E-state index in [9.17, 15) is 0 Å². The van der Waals surface area contributed by atoms with Gasteiger partial charge in [0.1, 0.15) is 5.76 Å². The van der Waals surface area contributed by atoms with Crippen LogP contribution in [0.1, 0.15) is 18.2 Å². The Balaban J connectivity index is 1.86. The van der Waals surface area contributed by atoms with Crippen molar-refractivity contribution < 1.29 is 13.9 Å². The number of para-hydroxylation sites is 1. The molecule has 4 nitrogen and oxygen atoms in total. The van der Waals surface area contributed by atoms with Gasteiger partial charge in [0, 0.05) is 11.8 Å². The monoisotopic (exact) mass is 281 g/mol. The molecule has 0 spiro atoms. The number of halogens is 1. The first-order chi connectivity index (χ1) is 9.28. The Labute approximate surface area is 116 Å². The molecule has 0 amide bonds. The second kappa shape index (κ2) is 5.51. The van der Waals surface area contributed by atoms with E-state index in [-0.39, 0.29) is 12.3 Å². The normalized spacial score (nSPS) is 18.2. The van der Waals surface area contributed by atoms with Gasteiger partial charge in [-0.3, -0.25) is 0 Å². The molecule has 1 aliphatic heterocycles. The third kappa shape index (κ3) is 2.62. The van der Waals surface area contributed by atoms with Gasteiger partial charge in [-0.25, -0.2) is 0 Å². The molecule has 1 aliphatic rings. The van der Waals surface area contributed by atoms with Crippen LogP contribution in [0.15, 0.2) is 28.7 Å². The Morgan fingerprint density at radius 1 is 1.37 bits per heavy atom. The Morgan fingerprint density at radius 3 is 2.84 bits per heavy atom. The summed E-state index contributed by atoms with van der Waals surface area (Å²) in [4.78, 5) is 0. The lowest BCUT2D eigenvalue weighted by atomic mass is 10.1. The Hall–Kier alpha value is -1.07. The molecule has 2 aromatic rings. The molecule has 2 heterocycles. The molecule has 102 valence electrons. The molecule has 1 fully saturated rings. The van der Waals surface area contributed by atoms with Gasteiger partial charge in [-0.15, -0.1) is 0 Å². The number of furan rings is 1. The predicted molar refractivity (Wildman–Crippen MR) is 73.3 cm³/mol. The van der Waals surface area contributed by atoms with Crippen molar-refractivity contribution in [3.8, 4) is 0 Å². The smallest absolute Gasteiger partial charge is 0.159 e. The zero-order valence-corrected chi connectivity index (χ0v) is 11.4. The minimum atomic E-state index is -0.166. The molecule has 0 aliphatic carbocycles. The van der Waals surface area contributed by atoms with Crippen LogP contribution in [0.3, 0.4) is 0 Å². The molecule has 1 atom stereocenters. The first kappa shape index (κ1) is 12.9. The lowest BCUT2D eigenvalue weighted by Gasteiger charge is -2.17. The molecule has 5 heteroatoms. The largest absolute Gasteiger partial charge is 0.458 e. The number of rotatable bonds is 4. The molecule has 3 rings (SSSR count). The van der Waals surface area contributed by atoms with Gasteiger partial charge in [-0.1, -0.05) is 23.7 Å². The van der Waals surface area contributed by atoms with Crippen molar-refractivity contribution in [1.29, 1.82) is 0 Å². The predicted octanol–water partition coefficient (Wildman–Crippen LogP) is 3.11. The minimum Gasteiger partial charge on any atom is -0.458 e. The zero-order valence-electron chi connectivity index (χ0n) is 10.7. The average Bonchev–Trinajstić information content (AvgIpc) is 3.05. The van der Waals surface area contributed by atoms with Crippen molar-refractivity contribution in [2.24, 2.45) is 0 Å². The molecule has 1 unspecified atom stereocenters. The number of benzene rings is 1.